The van der Waals surface area contributed by atoms with Gasteiger partial charge in [0, 0.05) is 23.9 Å². The number of hydrogen-bond donors (Lipinski definition) is 2. The number of aromatic nitrogens is 5. The van der Waals surface area contributed by atoms with E-state index in [-0.39, 0.29) is 5.70 Å². The van der Waals surface area contributed by atoms with Gasteiger partial charge in [0.2, 0.25) is 5.16 Å². The molecule has 1 saturated heterocycles. The van der Waals surface area contributed by atoms with Crippen LogP contribution >= 0.6 is 46.6 Å². The van der Waals surface area contributed by atoms with E-state index >= 15 is 0 Å². The number of ether oxygens (including phenoxy) is 1. The molecule has 236 valence electrons. The molecule has 2 amide bonds. The van der Waals surface area contributed by atoms with Crippen LogP contribution in [0.25, 0.3) is 5.57 Å². The second kappa shape index (κ2) is 14.1. The minimum Gasteiger partial charge on any atom is -0.448 e. The molecule has 1 unspecified atom stereocenters. The number of nitrogens with zero attached hydrogens (tertiary/aromatic N) is 6. The second-order valence-corrected chi connectivity index (χ2v) is 13.8. The number of β-lactam (4-membered cyclic amide) rings is 1. The van der Waals surface area contributed by atoms with Gasteiger partial charge in [-0.1, -0.05) is 72.4 Å². The number of nitrogen functional groups attached to an aromatic ring is 1. The topological polar surface area (TPSA) is 158 Å². The number of tetrazole rings is 1. The van der Waals surface area contributed by atoms with Gasteiger partial charge in [-0.05, 0) is 38.8 Å². The third-order valence-corrected chi connectivity index (χ3v) is 10.8. The molecule has 2 aliphatic rings. The summed E-state index contributed by atoms with van der Waals surface area (Å²) in [5.74, 6) is -0.699. The van der Waals surface area contributed by atoms with E-state index in [0.29, 0.717) is 38.6 Å². The van der Waals surface area contributed by atoms with Crippen molar-refractivity contribution in [1.29, 1.82) is 0 Å². The van der Waals surface area contributed by atoms with Gasteiger partial charge in [0.1, 0.15) is 17.1 Å². The molecule has 2 atom stereocenters. The predicted molar refractivity (Wildman–Crippen MR) is 180 cm³/mol. The average molecular weight is 693 g/mol. The van der Waals surface area contributed by atoms with Gasteiger partial charge in [0.05, 0.1) is 11.3 Å². The highest BCUT2D eigenvalue weighted by Crippen LogP contribution is 2.43. The summed E-state index contributed by atoms with van der Waals surface area (Å²) in [4.78, 5) is 47.0. The summed E-state index contributed by atoms with van der Waals surface area (Å²) in [6.07, 6.45) is 1.12. The van der Waals surface area contributed by atoms with Crippen LogP contribution in [0.4, 0.5) is 5.13 Å². The Morgan fingerprint density at radius 2 is 1.85 bits per heavy atom. The molecule has 46 heavy (non-hydrogen) atoms. The molecule has 2 aliphatic heterocycles. The fourth-order valence-corrected chi connectivity index (χ4v) is 8.36. The van der Waals surface area contributed by atoms with Gasteiger partial charge in [-0.15, -0.1) is 40.0 Å². The van der Waals surface area contributed by atoms with Crippen LogP contribution in [-0.4, -0.2) is 77.1 Å². The predicted octanol–water partition coefficient (Wildman–Crippen LogP) is 3.73. The summed E-state index contributed by atoms with van der Waals surface area (Å²) < 4.78 is 7.77. The first kappa shape index (κ1) is 31.8. The van der Waals surface area contributed by atoms with Gasteiger partial charge in [0.25, 0.3) is 11.8 Å². The van der Waals surface area contributed by atoms with E-state index in [9.17, 15) is 14.4 Å². The highest BCUT2D eigenvalue weighted by Gasteiger charge is 2.54. The summed E-state index contributed by atoms with van der Waals surface area (Å²) in [5.41, 5.74) is 9.01. The number of aryl methyl sites for hydroxylation is 1. The molecule has 4 heterocycles. The minimum atomic E-state index is -0.849. The van der Waals surface area contributed by atoms with Crippen LogP contribution in [0.3, 0.4) is 0 Å². The lowest BCUT2D eigenvalue weighted by molar-refractivity contribution is -0.154. The number of thiazole rings is 1. The quantitative estimate of drug-likeness (QED) is 0.102. The Hall–Kier alpha value is -4.12. The zero-order valence-electron chi connectivity index (χ0n) is 24.6. The lowest BCUT2D eigenvalue weighted by Gasteiger charge is -2.49. The maximum Gasteiger partial charge on any atom is 0.356 e. The zero-order chi connectivity index (χ0) is 32.2. The Morgan fingerprint density at radius 1 is 1.15 bits per heavy atom. The van der Waals surface area contributed by atoms with Crippen molar-refractivity contribution in [2.24, 2.45) is 7.05 Å². The molecule has 0 saturated carbocycles. The van der Waals surface area contributed by atoms with E-state index < -0.39 is 35.3 Å². The van der Waals surface area contributed by atoms with Crippen LogP contribution in [0.2, 0.25) is 0 Å². The van der Waals surface area contributed by atoms with Crippen molar-refractivity contribution in [2.75, 3.05) is 23.5 Å². The van der Waals surface area contributed by atoms with Crippen molar-refractivity contribution in [3.05, 3.63) is 99.5 Å². The zero-order valence-corrected chi connectivity index (χ0v) is 27.9. The highest BCUT2D eigenvalue weighted by molar-refractivity contribution is 8.01. The number of carbonyl (C=O) groups excluding carboxylic acids is 3. The fourth-order valence-electron chi connectivity index (χ4n) is 5.00. The Bertz CT molecular complexity index is 1770. The van der Waals surface area contributed by atoms with Crippen LogP contribution in [-0.2, 0) is 26.2 Å². The summed E-state index contributed by atoms with van der Waals surface area (Å²) in [6, 6.07) is 18.1. The van der Waals surface area contributed by atoms with Crippen molar-refractivity contribution in [3.8, 4) is 0 Å². The number of rotatable bonds is 11. The molecule has 0 aliphatic carbocycles. The smallest absolute Gasteiger partial charge is 0.356 e. The summed E-state index contributed by atoms with van der Waals surface area (Å²) >= 11 is 5.40. The minimum absolute atomic E-state index is 0.172. The monoisotopic (exact) mass is 692 g/mol. The number of amides is 2. The van der Waals surface area contributed by atoms with E-state index in [1.165, 1.54) is 51.5 Å². The molecule has 4 aromatic rings. The third kappa shape index (κ3) is 6.56. The number of anilines is 1. The molecule has 12 nitrogen and oxygen atoms in total. The number of benzene rings is 2. The standard InChI is InChI=1S/C30H28N8O4S4/c1-37-30(34-35-36-37)46-14-19-13-44-27-22(33-25(39)20(15-43-2)21-16-45-29(31)32-21)26(40)38(27)23(19)28(41)42-24(17-9-5-3-6-10-17)18-11-7-4-8-12-18/h3-12,15-16,22,24,27H,13-14H2,1-2H3,(H2,31,32)(H,33,39)/t22?,27-/m1/s1. The van der Waals surface area contributed by atoms with Crippen LogP contribution in [0.15, 0.2) is 87.9 Å². The molecule has 6 rings (SSSR count). The van der Waals surface area contributed by atoms with E-state index in [1.54, 1.807) is 22.5 Å². The molecule has 2 aromatic heterocycles. The Kier molecular flexibility index (Phi) is 9.77. The van der Waals surface area contributed by atoms with Crippen molar-refractivity contribution in [1.82, 2.24) is 35.4 Å². The SMILES string of the molecule is CSC=C(C(=O)NC1C(=O)N2C(C(=O)OC(c3ccccc3)c3ccccc3)=C(CSc3nnnn3C)CS[C@H]12)c1csc(N)n1. The average Bonchev–Trinajstić information content (AvgIpc) is 3.70. The van der Waals surface area contributed by atoms with Gasteiger partial charge in [-0.2, -0.15) is 0 Å². The fraction of sp³-hybridized carbons (Fsp3) is 0.233. The van der Waals surface area contributed by atoms with Gasteiger partial charge < -0.3 is 15.8 Å². The number of nitrogens with one attached hydrogen (secondary N) is 1. The Labute approximate surface area is 281 Å². The van der Waals surface area contributed by atoms with Gasteiger partial charge in [-0.3, -0.25) is 14.5 Å². The number of hydrogen-bond acceptors (Lipinski definition) is 13. The molecule has 1 fully saturated rings. The van der Waals surface area contributed by atoms with Crippen LogP contribution in [0.1, 0.15) is 22.9 Å². The molecule has 16 heteroatoms. The number of esters is 1. The molecule has 2 aromatic carbocycles. The van der Waals surface area contributed by atoms with E-state index in [0.717, 1.165) is 11.1 Å². The molecular formula is C30H28N8O4S4. The van der Waals surface area contributed by atoms with Gasteiger partial charge >= 0.3 is 5.97 Å². The van der Waals surface area contributed by atoms with Crippen LogP contribution in [0, 0.1) is 0 Å². The van der Waals surface area contributed by atoms with E-state index in [4.69, 9.17) is 10.5 Å². The van der Waals surface area contributed by atoms with Gasteiger partial charge in [0.15, 0.2) is 11.2 Å². The maximum atomic E-state index is 14.2. The lowest BCUT2D eigenvalue weighted by Crippen LogP contribution is -2.70. The number of fused-ring (bicyclic) bond motifs is 1. The first-order chi connectivity index (χ1) is 22.4. The number of carbonyl (C=O) groups is 3. The summed E-state index contributed by atoms with van der Waals surface area (Å²) in [7, 11) is 1.73. The van der Waals surface area contributed by atoms with Crippen molar-refractivity contribution < 1.29 is 19.1 Å². The van der Waals surface area contributed by atoms with Gasteiger partial charge in [-0.25, -0.2) is 14.5 Å². The first-order valence-corrected chi connectivity index (χ1v) is 18.1. The maximum absolute atomic E-state index is 14.2. The van der Waals surface area contributed by atoms with E-state index in [2.05, 4.69) is 25.8 Å². The normalized spacial score (nSPS) is 17.9. The Morgan fingerprint density at radius 3 is 2.43 bits per heavy atom. The second-order valence-electron chi connectivity index (χ2n) is 10.1. The Balaban J connectivity index is 1.29. The molecule has 0 radical (unpaired) electrons. The van der Waals surface area contributed by atoms with E-state index in [1.807, 2.05) is 66.9 Å². The number of thioether (sulfide) groups is 3. The van der Waals surface area contributed by atoms with Crippen molar-refractivity contribution >= 4 is 75.1 Å². The third-order valence-electron chi connectivity index (χ3n) is 7.19. The molecule has 0 bridgehead atoms. The lowest BCUT2D eigenvalue weighted by atomic mass is 10.0. The van der Waals surface area contributed by atoms with Crippen LogP contribution < -0.4 is 11.1 Å². The van der Waals surface area contributed by atoms with Crippen LogP contribution in [0.5, 0.6) is 0 Å². The first-order valence-electron chi connectivity index (χ1n) is 13.9. The molecule has 3 N–H and O–H groups in total. The van der Waals surface area contributed by atoms with Crippen molar-refractivity contribution in [2.45, 2.75) is 22.7 Å². The molecule has 0 spiro atoms. The largest absolute Gasteiger partial charge is 0.448 e. The number of nitrogens with two attached hydrogens (primary N) is 1. The summed E-state index contributed by atoms with van der Waals surface area (Å²) in [5, 5.41) is 18.2. The highest BCUT2D eigenvalue weighted by atomic mass is 32.2. The molecular weight excluding hydrogens is 665 g/mol. The van der Waals surface area contributed by atoms with Crippen molar-refractivity contribution in [3.63, 3.8) is 0 Å². The summed E-state index contributed by atoms with van der Waals surface area (Å²) in [6.45, 7) is 0.